The van der Waals surface area contributed by atoms with Gasteiger partial charge in [-0.25, -0.2) is 0 Å². The first-order chi connectivity index (χ1) is 12.6. The molecule has 0 amide bonds. The Labute approximate surface area is 166 Å². The molecule has 0 atom stereocenters. The molecule has 138 valence electrons. The molecule has 0 aliphatic carbocycles. The van der Waals surface area contributed by atoms with E-state index in [1.165, 1.54) is 5.56 Å². The topological polar surface area (TPSA) is 96.8 Å². The van der Waals surface area contributed by atoms with Crippen LogP contribution >= 0.6 is 22.6 Å². The third kappa shape index (κ3) is 8.67. The summed E-state index contributed by atoms with van der Waals surface area (Å²) in [5.74, 6) is 0. The molecule has 0 heterocycles. The van der Waals surface area contributed by atoms with Gasteiger partial charge >= 0.3 is 0 Å². The minimum Gasteiger partial charge on any atom is -0.291 e. The molecule has 0 saturated carbocycles. The maximum Gasteiger partial charge on any atom is 0.0735 e. The standard InChI is InChI=1S/C7H9NO.C6H6INO.C6H7NO/c1-6-2-4-7(8-9)5-3-6;7-5-3-1-2-4-6(5)8-9;8-7-6-4-2-1-3-5-6/h2-5,8-9H,1H3;1-4,8-9H;1-5,7-8H. The van der Waals surface area contributed by atoms with E-state index in [2.05, 4.69) is 33.6 Å². The highest BCUT2D eigenvalue weighted by Gasteiger charge is 1.91. The van der Waals surface area contributed by atoms with E-state index in [4.69, 9.17) is 15.6 Å². The number of benzene rings is 3. The molecule has 0 aliphatic rings. The van der Waals surface area contributed by atoms with E-state index in [0.29, 0.717) is 5.69 Å². The number of aryl methyl sites for hydroxylation is 1. The Balaban J connectivity index is 0.000000195. The van der Waals surface area contributed by atoms with Gasteiger partial charge in [-0.05, 0) is 65.9 Å². The van der Waals surface area contributed by atoms with Gasteiger partial charge in [0.1, 0.15) is 0 Å². The number of nitrogens with one attached hydrogen (secondary N) is 3. The van der Waals surface area contributed by atoms with Gasteiger partial charge in [0.05, 0.1) is 17.1 Å². The molecule has 7 heteroatoms. The molecule has 0 saturated heterocycles. The fourth-order valence-electron chi connectivity index (χ4n) is 1.69. The second-order valence-corrected chi connectivity index (χ2v) is 6.21. The fraction of sp³-hybridized carbons (Fsp3) is 0.0526. The van der Waals surface area contributed by atoms with Gasteiger partial charge in [0.25, 0.3) is 0 Å². The lowest BCUT2D eigenvalue weighted by atomic mass is 10.2. The molecule has 0 unspecified atom stereocenters. The van der Waals surface area contributed by atoms with Gasteiger partial charge < -0.3 is 0 Å². The molecule has 0 spiro atoms. The predicted molar refractivity (Wildman–Crippen MR) is 113 cm³/mol. The molecule has 6 N–H and O–H groups in total. The van der Waals surface area contributed by atoms with Crippen molar-refractivity contribution in [3.63, 3.8) is 0 Å². The number of halogens is 1. The minimum absolute atomic E-state index is 0.715. The number of anilines is 3. The third-order valence-electron chi connectivity index (χ3n) is 3.08. The van der Waals surface area contributed by atoms with Gasteiger partial charge in [0, 0.05) is 3.57 Å². The van der Waals surface area contributed by atoms with E-state index >= 15 is 0 Å². The van der Waals surface area contributed by atoms with E-state index in [1.54, 1.807) is 12.1 Å². The number of hydrogen-bond donors (Lipinski definition) is 6. The lowest BCUT2D eigenvalue weighted by Gasteiger charge is -1.98. The molecule has 0 aromatic heterocycles. The molecule has 3 aromatic rings. The average Bonchev–Trinajstić information content (AvgIpc) is 2.70. The van der Waals surface area contributed by atoms with Crippen molar-refractivity contribution < 1.29 is 15.6 Å². The maximum absolute atomic E-state index is 8.46. The first-order valence-corrected chi connectivity index (χ1v) is 8.75. The van der Waals surface area contributed by atoms with E-state index < -0.39 is 0 Å². The van der Waals surface area contributed by atoms with Crippen LogP contribution < -0.4 is 16.4 Å². The summed E-state index contributed by atoms with van der Waals surface area (Å²) in [6.45, 7) is 2.00. The van der Waals surface area contributed by atoms with Crippen molar-refractivity contribution in [3.05, 3.63) is 88.0 Å². The molecule has 0 aliphatic heterocycles. The molecule has 0 fully saturated rings. The predicted octanol–water partition coefficient (Wildman–Crippen LogP) is 5.38. The molecular weight excluding hydrogens is 445 g/mol. The third-order valence-corrected chi connectivity index (χ3v) is 4.02. The van der Waals surface area contributed by atoms with E-state index in [0.717, 1.165) is 14.9 Å². The summed E-state index contributed by atoms with van der Waals surface area (Å²) in [7, 11) is 0. The van der Waals surface area contributed by atoms with Crippen molar-refractivity contribution in [1.82, 2.24) is 0 Å². The van der Waals surface area contributed by atoms with Crippen molar-refractivity contribution in [2.24, 2.45) is 0 Å². The van der Waals surface area contributed by atoms with Crippen LogP contribution in [0.4, 0.5) is 17.1 Å². The summed E-state index contributed by atoms with van der Waals surface area (Å²) in [5, 5.41) is 25.1. The van der Waals surface area contributed by atoms with Crippen LogP contribution in [-0.4, -0.2) is 15.6 Å². The molecule has 3 aromatic carbocycles. The smallest absolute Gasteiger partial charge is 0.0735 e. The summed E-state index contributed by atoms with van der Waals surface area (Å²) in [6, 6.07) is 24.1. The minimum atomic E-state index is 0.715. The van der Waals surface area contributed by atoms with Crippen LogP contribution in [-0.2, 0) is 0 Å². The van der Waals surface area contributed by atoms with Crippen LogP contribution in [0.15, 0.2) is 78.9 Å². The van der Waals surface area contributed by atoms with Crippen molar-refractivity contribution in [2.45, 2.75) is 6.92 Å². The first kappa shape index (κ1) is 21.7. The SMILES string of the molecule is Cc1ccc(NO)cc1.ONc1ccccc1.ONc1ccccc1I. The second kappa shape index (κ2) is 13.0. The Morgan fingerprint density at radius 1 is 0.615 bits per heavy atom. The highest BCUT2D eigenvalue weighted by atomic mass is 127. The largest absolute Gasteiger partial charge is 0.291 e. The highest BCUT2D eigenvalue weighted by molar-refractivity contribution is 14.1. The van der Waals surface area contributed by atoms with Crippen LogP contribution in [0.25, 0.3) is 0 Å². The molecule has 6 nitrogen and oxygen atoms in total. The Kier molecular flexibility index (Phi) is 10.8. The van der Waals surface area contributed by atoms with Crippen molar-refractivity contribution in [3.8, 4) is 0 Å². The summed E-state index contributed by atoms with van der Waals surface area (Å²) in [4.78, 5) is 0. The molecule has 3 rings (SSSR count). The normalized spacial score (nSPS) is 8.96. The van der Waals surface area contributed by atoms with Gasteiger partial charge in [-0.1, -0.05) is 48.0 Å². The van der Waals surface area contributed by atoms with E-state index in [-0.39, 0.29) is 0 Å². The van der Waals surface area contributed by atoms with Crippen molar-refractivity contribution >= 4 is 39.7 Å². The zero-order valence-electron chi connectivity index (χ0n) is 14.2. The molecular formula is C19H22IN3O3. The van der Waals surface area contributed by atoms with E-state index in [9.17, 15) is 0 Å². The van der Waals surface area contributed by atoms with E-state index in [1.807, 2.05) is 79.1 Å². The average molecular weight is 467 g/mol. The summed E-state index contributed by atoms with van der Waals surface area (Å²) >= 11 is 2.14. The Bertz CT molecular complexity index is 741. The number of para-hydroxylation sites is 2. The van der Waals surface area contributed by atoms with Gasteiger partial charge in [0.2, 0.25) is 0 Å². The molecule has 0 radical (unpaired) electrons. The van der Waals surface area contributed by atoms with Gasteiger partial charge in [0.15, 0.2) is 0 Å². The zero-order chi connectivity index (χ0) is 19.2. The van der Waals surface area contributed by atoms with Crippen LogP contribution in [0.1, 0.15) is 5.56 Å². The van der Waals surface area contributed by atoms with Gasteiger partial charge in [-0.2, -0.15) is 0 Å². The number of rotatable bonds is 3. The Morgan fingerprint density at radius 3 is 1.54 bits per heavy atom. The molecule has 0 bridgehead atoms. The summed E-state index contributed by atoms with van der Waals surface area (Å²) in [5.41, 5.74) is 9.54. The second-order valence-electron chi connectivity index (χ2n) is 5.05. The Hall–Kier alpha value is -2.33. The zero-order valence-corrected chi connectivity index (χ0v) is 16.4. The fourth-order valence-corrected chi connectivity index (χ4v) is 2.20. The quantitative estimate of drug-likeness (QED) is 0.229. The van der Waals surface area contributed by atoms with Crippen LogP contribution in [0.5, 0.6) is 0 Å². The van der Waals surface area contributed by atoms with Crippen molar-refractivity contribution in [2.75, 3.05) is 16.4 Å². The Morgan fingerprint density at radius 2 is 1.12 bits per heavy atom. The monoisotopic (exact) mass is 467 g/mol. The highest BCUT2D eigenvalue weighted by Crippen LogP contribution is 2.15. The van der Waals surface area contributed by atoms with Gasteiger partial charge in [-0.3, -0.25) is 32.1 Å². The van der Waals surface area contributed by atoms with Crippen LogP contribution in [0.3, 0.4) is 0 Å². The summed E-state index contributed by atoms with van der Waals surface area (Å²) < 4.78 is 1.01. The van der Waals surface area contributed by atoms with Crippen LogP contribution in [0.2, 0.25) is 0 Å². The van der Waals surface area contributed by atoms with Crippen LogP contribution in [0, 0.1) is 10.5 Å². The molecule has 26 heavy (non-hydrogen) atoms. The lowest BCUT2D eigenvalue weighted by Crippen LogP contribution is -1.90. The lowest BCUT2D eigenvalue weighted by molar-refractivity contribution is 0.388. The summed E-state index contributed by atoms with van der Waals surface area (Å²) in [6.07, 6.45) is 0. The van der Waals surface area contributed by atoms with Gasteiger partial charge in [-0.15, -0.1) is 0 Å². The van der Waals surface area contributed by atoms with Crippen molar-refractivity contribution in [1.29, 1.82) is 0 Å². The number of hydrogen-bond acceptors (Lipinski definition) is 6. The maximum atomic E-state index is 8.46. The first-order valence-electron chi connectivity index (χ1n) is 7.67.